The Morgan fingerprint density at radius 1 is 1.23 bits per heavy atom. The van der Waals surface area contributed by atoms with E-state index in [-0.39, 0.29) is 5.91 Å². The van der Waals surface area contributed by atoms with Crippen molar-refractivity contribution in [1.29, 1.82) is 0 Å². The van der Waals surface area contributed by atoms with Crippen LogP contribution in [0.4, 0.5) is 5.69 Å². The van der Waals surface area contributed by atoms with E-state index in [9.17, 15) is 4.79 Å². The summed E-state index contributed by atoms with van der Waals surface area (Å²) in [6.45, 7) is 4.52. The maximum Gasteiger partial charge on any atom is 0.235 e. The standard InChI is InChI=1S/C22H29N3O/c1-3-7-21(20-10-6-13-23-15-20)16-25(24-17(2)26)22-12-11-18-8-4-5-9-19(18)14-22/h6,10-15,21H,3-5,7-9,16H2,1-2H3,(H,24,26). The maximum atomic E-state index is 11.8. The lowest BCUT2D eigenvalue weighted by Gasteiger charge is -2.30. The molecule has 0 spiro atoms. The Kier molecular flexibility index (Phi) is 6.26. The third kappa shape index (κ3) is 4.63. The Morgan fingerprint density at radius 3 is 2.73 bits per heavy atom. The van der Waals surface area contributed by atoms with Crippen molar-refractivity contribution >= 4 is 11.6 Å². The SMILES string of the molecule is CCCC(CN(NC(C)=O)c1ccc2c(c1)CCCC2)c1cccnc1. The molecule has 1 atom stereocenters. The van der Waals surface area contributed by atoms with Crippen LogP contribution < -0.4 is 10.4 Å². The molecule has 3 rings (SSSR count). The molecule has 1 unspecified atom stereocenters. The van der Waals surface area contributed by atoms with Crippen molar-refractivity contribution in [2.75, 3.05) is 11.6 Å². The van der Waals surface area contributed by atoms with Crippen molar-refractivity contribution in [3.05, 3.63) is 59.4 Å². The number of fused-ring (bicyclic) bond motifs is 1. The summed E-state index contributed by atoms with van der Waals surface area (Å²) in [5, 5.41) is 2.02. The first-order valence-corrected chi connectivity index (χ1v) is 9.74. The highest BCUT2D eigenvalue weighted by molar-refractivity contribution is 5.75. The summed E-state index contributed by atoms with van der Waals surface area (Å²) in [5.74, 6) is 0.292. The number of hydrazine groups is 1. The molecule has 4 heteroatoms. The third-order valence-electron chi connectivity index (χ3n) is 5.13. The van der Waals surface area contributed by atoms with Gasteiger partial charge in [-0.15, -0.1) is 0 Å². The summed E-state index contributed by atoms with van der Waals surface area (Å²) in [6, 6.07) is 10.8. The number of hydrogen-bond donors (Lipinski definition) is 1. The number of aromatic nitrogens is 1. The number of rotatable bonds is 7. The van der Waals surface area contributed by atoms with Crippen LogP contribution in [0.2, 0.25) is 0 Å². The summed E-state index contributed by atoms with van der Waals surface area (Å²) < 4.78 is 0. The molecule has 1 heterocycles. The molecule has 0 radical (unpaired) electrons. The first-order chi connectivity index (χ1) is 12.7. The first-order valence-electron chi connectivity index (χ1n) is 9.74. The van der Waals surface area contributed by atoms with Crippen LogP contribution >= 0.6 is 0 Å². The summed E-state index contributed by atoms with van der Waals surface area (Å²) in [7, 11) is 0. The van der Waals surface area contributed by atoms with Crippen LogP contribution in [0.25, 0.3) is 0 Å². The van der Waals surface area contributed by atoms with Crippen LogP contribution in [0.15, 0.2) is 42.7 Å². The average molecular weight is 351 g/mol. The van der Waals surface area contributed by atoms with Gasteiger partial charge in [-0.25, -0.2) is 0 Å². The topological polar surface area (TPSA) is 45.2 Å². The second kappa shape index (κ2) is 8.84. The summed E-state index contributed by atoms with van der Waals surface area (Å²) in [6.07, 6.45) is 10.7. The van der Waals surface area contributed by atoms with Crippen LogP contribution in [0.1, 0.15) is 62.1 Å². The molecule has 2 aromatic rings. The number of amides is 1. The highest BCUT2D eigenvalue weighted by atomic mass is 16.2. The number of nitrogens with one attached hydrogen (secondary N) is 1. The minimum Gasteiger partial charge on any atom is -0.285 e. The molecule has 1 aromatic carbocycles. The first kappa shape index (κ1) is 18.4. The Bertz CT molecular complexity index is 729. The molecule has 1 aliphatic carbocycles. The molecule has 1 amide bonds. The van der Waals surface area contributed by atoms with Gasteiger partial charge in [-0.3, -0.25) is 20.2 Å². The summed E-state index contributed by atoms with van der Waals surface area (Å²) >= 11 is 0. The fourth-order valence-corrected chi connectivity index (χ4v) is 3.84. The largest absolute Gasteiger partial charge is 0.285 e. The van der Waals surface area contributed by atoms with Crippen molar-refractivity contribution in [2.24, 2.45) is 0 Å². The molecule has 0 saturated carbocycles. The van der Waals surface area contributed by atoms with E-state index in [1.165, 1.54) is 36.0 Å². The summed E-state index contributed by atoms with van der Waals surface area (Å²) in [5.41, 5.74) is 8.22. The van der Waals surface area contributed by atoms with E-state index in [0.717, 1.165) is 31.5 Å². The van der Waals surface area contributed by atoms with E-state index in [1.807, 2.05) is 23.5 Å². The van der Waals surface area contributed by atoms with Crippen molar-refractivity contribution in [1.82, 2.24) is 10.4 Å². The lowest BCUT2D eigenvalue weighted by atomic mass is 9.91. The van der Waals surface area contributed by atoms with Gasteiger partial charge in [0.2, 0.25) is 5.91 Å². The molecule has 0 saturated heterocycles. The molecule has 1 aliphatic rings. The molecule has 1 aromatic heterocycles. The van der Waals surface area contributed by atoms with E-state index in [4.69, 9.17) is 0 Å². The Labute approximate surface area is 156 Å². The fourth-order valence-electron chi connectivity index (χ4n) is 3.84. The second-order valence-corrected chi connectivity index (χ2v) is 7.21. The maximum absolute atomic E-state index is 11.8. The molecule has 138 valence electrons. The van der Waals surface area contributed by atoms with E-state index in [1.54, 1.807) is 6.92 Å². The minimum atomic E-state index is -0.0378. The van der Waals surface area contributed by atoms with Crippen LogP contribution in [-0.4, -0.2) is 17.4 Å². The fraction of sp³-hybridized carbons (Fsp3) is 0.455. The lowest BCUT2D eigenvalue weighted by molar-refractivity contribution is -0.119. The molecule has 0 bridgehead atoms. The van der Waals surface area contributed by atoms with Gasteiger partial charge in [-0.2, -0.15) is 0 Å². The highest BCUT2D eigenvalue weighted by Crippen LogP contribution is 2.28. The van der Waals surface area contributed by atoms with Gasteiger partial charge in [0, 0.05) is 31.8 Å². The van der Waals surface area contributed by atoms with E-state index < -0.39 is 0 Å². The Balaban J connectivity index is 1.86. The monoisotopic (exact) mass is 351 g/mol. The van der Waals surface area contributed by atoms with Gasteiger partial charge in [0.15, 0.2) is 0 Å². The second-order valence-electron chi connectivity index (χ2n) is 7.21. The number of benzene rings is 1. The third-order valence-corrected chi connectivity index (χ3v) is 5.13. The molecule has 1 N–H and O–H groups in total. The van der Waals surface area contributed by atoms with Crippen LogP contribution in [0.3, 0.4) is 0 Å². The molecule has 0 aliphatic heterocycles. The van der Waals surface area contributed by atoms with Crippen LogP contribution in [0.5, 0.6) is 0 Å². The number of pyridine rings is 1. The number of hydrogen-bond acceptors (Lipinski definition) is 3. The van der Waals surface area contributed by atoms with Gasteiger partial charge < -0.3 is 0 Å². The lowest BCUT2D eigenvalue weighted by Crippen LogP contribution is -2.43. The van der Waals surface area contributed by atoms with Crippen LogP contribution in [0, 0.1) is 0 Å². The Morgan fingerprint density at radius 2 is 2.04 bits per heavy atom. The van der Waals surface area contributed by atoms with Gasteiger partial charge in [0.05, 0.1) is 5.69 Å². The number of nitrogens with zero attached hydrogens (tertiary/aromatic N) is 2. The van der Waals surface area contributed by atoms with Gasteiger partial charge in [0.25, 0.3) is 0 Å². The average Bonchev–Trinajstić information content (AvgIpc) is 2.67. The quantitative estimate of drug-likeness (QED) is 0.752. The van der Waals surface area contributed by atoms with E-state index >= 15 is 0 Å². The zero-order valence-corrected chi connectivity index (χ0v) is 15.9. The predicted molar refractivity (Wildman–Crippen MR) is 106 cm³/mol. The minimum absolute atomic E-state index is 0.0378. The molecule has 26 heavy (non-hydrogen) atoms. The van der Waals surface area contributed by atoms with Gasteiger partial charge >= 0.3 is 0 Å². The normalized spacial score (nSPS) is 14.4. The number of carbonyl (C=O) groups is 1. The number of anilines is 1. The van der Waals surface area contributed by atoms with Gasteiger partial charge in [-0.05, 0) is 67.0 Å². The van der Waals surface area contributed by atoms with E-state index in [2.05, 4.69) is 41.6 Å². The number of aryl methyl sites for hydroxylation is 2. The van der Waals surface area contributed by atoms with Crippen molar-refractivity contribution in [2.45, 2.75) is 58.3 Å². The van der Waals surface area contributed by atoms with Crippen molar-refractivity contribution in [3.63, 3.8) is 0 Å². The van der Waals surface area contributed by atoms with Crippen LogP contribution in [-0.2, 0) is 17.6 Å². The number of carbonyl (C=O) groups excluding carboxylic acids is 1. The molecular formula is C22H29N3O. The molecule has 4 nitrogen and oxygen atoms in total. The smallest absolute Gasteiger partial charge is 0.235 e. The highest BCUT2D eigenvalue weighted by Gasteiger charge is 2.19. The van der Waals surface area contributed by atoms with E-state index in [0.29, 0.717) is 5.92 Å². The zero-order chi connectivity index (χ0) is 18.4. The summed E-state index contributed by atoms with van der Waals surface area (Å²) in [4.78, 5) is 16.1. The zero-order valence-electron chi connectivity index (χ0n) is 15.9. The van der Waals surface area contributed by atoms with Crippen molar-refractivity contribution < 1.29 is 4.79 Å². The van der Waals surface area contributed by atoms with Gasteiger partial charge in [-0.1, -0.05) is 25.5 Å². The Hall–Kier alpha value is -2.36. The van der Waals surface area contributed by atoms with Crippen molar-refractivity contribution in [3.8, 4) is 0 Å². The van der Waals surface area contributed by atoms with Gasteiger partial charge in [0.1, 0.15) is 0 Å². The predicted octanol–water partition coefficient (Wildman–Crippen LogP) is 4.40. The molecule has 0 fully saturated rings. The molecular weight excluding hydrogens is 322 g/mol.